The van der Waals surface area contributed by atoms with Gasteiger partial charge < -0.3 is 4.90 Å². The van der Waals surface area contributed by atoms with E-state index in [2.05, 4.69) is 39.8 Å². The summed E-state index contributed by atoms with van der Waals surface area (Å²) in [5.74, 6) is -0.484. The van der Waals surface area contributed by atoms with Crippen molar-refractivity contribution in [3.05, 3.63) is 58.9 Å². The van der Waals surface area contributed by atoms with Crippen LogP contribution in [0.4, 0.5) is 9.52 Å². The smallest absolute Gasteiger partial charge is 0.260 e. The van der Waals surface area contributed by atoms with Crippen molar-refractivity contribution in [1.82, 2.24) is 4.98 Å². The fourth-order valence-corrected chi connectivity index (χ4v) is 4.29. The summed E-state index contributed by atoms with van der Waals surface area (Å²) in [6.45, 7) is 11.9. The topological polar surface area (TPSA) is 37.6 Å². The van der Waals surface area contributed by atoms with Crippen LogP contribution in [0.15, 0.2) is 36.4 Å². The molecule has 0 aliphatic carbocycles. The number of thiazole rings is 1. The molecule has 0 aliphatic heterocycles. The van der Waals surface area contributed by atoms with Gasteiger partial charge in [0.05, 0.1) is 36.4 Å². The zero-order chi connectivity index (χ0) is 20.3. The number of hydrogen-bond donors (Lipinski definition) is 1. The Morgan fingerprint density at radius 2 is 1.79 bits per heavy atom. The first-order valence-electron chi connectivity index (χ1n) is 9.72. The second-order valence-electron chi connectivity index (χ2n) is 7.02. The molecule has 0 fully saturated rings. The number of hydrogen-bond acceptors (Lipinski definition) is 3. The van der Waals surface area contributed by atoms with Crippen molar-refractivity contribution in [2.45, 2.75) is 27.7 Å². The number of carbonyl (C=O) groups is 1. The highest BCUT2D eigenvalue weighted by atomic mass is 32.1. The van der Waals surface area contributed by atoms with Gasteiger partial charge in [0.15, 0.2) is 5.13 Å². The van der Waals surface area contributed by atoms with Crippen LogP contribution >= 0.6 is 11.3 Å². The predicted octanol–water partition coefficient (Wildman–Crippen LogP) is 3.62. The Morgan fingerprint density at radius 1 is 1.11 bits per heavy atom. The maximum absolute atomic E-state index is 13.3. The Bertz CT molecular complexity index is 964. The van der Waals surface area contributed by atoms with Gasteiger partial charge in [0.2, 0.25) is 0 Å². The number of halogens is 1. The molecule has 0 spiro atoms. The molecule has 3 aromatic rings. The quantitative estimate of drug-likeness (QED) is 0.658. The van der Waals surface area contributed by atoms with Crippen molar-refractivity contribution in [2.75, 3.05) is 31.1 Å². The van der Waals surface area contributed by atoms with Crippen LogP contribution in [0.3, 0.4) is 0 Å². The molecular formula is C22H27FN3OS+. The molecule has 1 N–H and O–H groups in total. The van der Waals surface area contributed by atoms with E-state index in [1.165, 1.54) is 46.1 Å². The number of likely N-dealkylation sites (N-methyl/N-ethyl adjacent to an activating group) is 1. The highest BCUT2D eigenvalue weighted by molar-refractivity contribution is 7.22. The van der Waals surface area contributed by atoms with Gasteiger partial charge in [-0.15, -0.1) is 0 Å². The van der Waals surface area contributed by atoms with Crippen LogP contribution in [0.1, 0.15) is 35.3 Å². The van der Waals surface area contributed by atoms with Gasteiger partial charge in [-0.25, -0.2) is 9.37 Å². The molecule has 0 radical (unpaired) electrons. The number of fused-ring (bicyclic) bond motifs is 1. The number of quaternary nitrogens is 1. The first-order valence-corrected chi connectivity index (χ1v) is 10.5. The minimum absolute atomic E-state index is 0.139. The number of benzene rings is 2. The van der Waals surface area contributed by atoms with E-state index >= 15 is 0 Å². The summed E-state index contributed by atoms with van der Waals surface area (Å²) in [5.41, 5.74) is 3.76. The number of amides is 1. The molecule has 0 atom stereocenters. The summed E-state index contributed by atoms with van der Waals surface area (Å²) in [6, 6.07) is 9.88. The number of aromatic nitrogens is 1. The van der Waals surface area contributed by atoms with E-state index in [1.54, 1.807) is 4.90 Å². The van der Waals surface area contributed by atoms with Crippen molar-refractivity contribution < 1.29 is 14.1 Å². The van der Waals surface area contributed by atoms with Crippen LogP contribution in [0.5, 0.6) is 0 Å². The molecule has 0 saturated carbocycles. The van der Waals surface area contributed by atoms with Crippen LogP contribution < -0.4 is 9.80 Å². The van der Waals surface area contributed by atoms with Gasteiger partial charge >= 0.3 is 0 Å². The van der Waals surface area contributed by atoms with Gasteiger partial charge in [0, 0.05) is 5.56 Å². The van der Waals surface area contributed by atoms with Gasteiger partial charge in [0.25, 0.3) is 5.91 Å². The molecule has 6 heteroatoms. The van der Waals surface area contributed by atoms with Gasteiger partial charge in [-0.3, -0.25) is 9.69 Å². The lowest BCUT2D eigenvalue weighted by Gasteiger charge is -2.23. The summed E-state index contributed by atoms with van der Waals surface area (Å²) >= 11 is 1.53. The molecule has 4 nitrogen and oxygen atoms in total. The van der Waals surface area contributed by atoms with Crippen molar-refractivity contribution in [3.8, 4) is 0 Å². The van der Waals surface area contributed by atoms with Crippen molar-refractivity contribution >= 4 is 32.6 Å². The van der Waals surface area contributed by atoms with E-state index in [-0.39, 0.29) is 11.7 Å². The molecule has 1 heterocycles. The van der Waals surface area contributed by atoms with Crippen LogP contribution in [0.25, 0.3) is 10.2 Å². The number of rotatable bonds is 7. The first-order chi connectivity index (χ1) is 13.4. The molecule has 2 aromatic carbocycles. The lowest BCUT2D eigenvalue weighted by atomic mass is 10.1. The summed E-state index contributed by atoms with van der Waals surface area (Å²) in [6.07, 6.45) is 0. The summed E-state index contributed by atoms with van der Waals surface area (Å²) < 4.78 is 14.4. The maximum Gasteiger partial charge on any atom is 0.260 e. The Balaban J connectivity index is 1.98. The molecule has 0 unspecified atom stereocenters. The Kier molecular flexibility index (Phi) is 6.42. The molecule has 148 valence electrons. The summed E-state index contributed by atoms with van der Waals surface area (Å²) in [5, 5.41) is 0.699. The third-order valence-corrected chi connectivity index (χ3v) is 6.37. The van der Waals surface area contributed by atoms with Crippen molar-refractivity contribution in [1.29, 1.82) is 0 Å². The normalized spacial score (nSPS) is 11.4. The average Bonchev–Trinajstić information content (AvgIpc) is 3.13. The van der Waals surface area contributed by atoms with Gasteiger partial charge in [-0.2, -0.15) is 0 Å². The zero-order valence-electron chi connectivity index (χ0n) is 16.9. The van der Waals surface area contributed by atoms with E-state index in [0.717, 1.165) is 35.4 Å². The fraction of sp³-hybridized carbons (Fsp3) is 0.364. The third kappa shape index (κ3) is 4.23. The molecule has 28 heavy (non-hydrogen) atoms. The maximum atomic E-state index is 13.3. The van der Waals surface area contributed by atoms with Crippen LogP contribution in [0.2, 0.25) is 0 Å². The molecular weight excluding hydrogens is 373 g/mol. The Labute approximate surface area is 169 Å². The minimum atomic E-state index is -0.346. The molecule has 3 rings (SSSR count). The summed E-state index contributed by atoms with van der Waals surface area (Å²) in [4.78, 5) is 21.2. The van der Waals surface area contributed by atoms with Crippen molar-refractivity contribution in [2.24, 2.45) is 0 Å². The van der Waals surface area contributed by atoms with Gasteiger partial charge in [-0.1, -0.05) is 17.4 Å². The fourth-order valence-electron chi connectivity index (χ4n) is 3.24. The van der Waals surface area contributed by atoms with E-state index in [1.807, 2.05) is 0 Å². The first kappa shape index (κ1) is 20.4. The number of carbonyl (C=O) groups excluding carboxylic acids is 1. The third-order valence-electron chi connectivity index (χ3n) is 5.33. The average molecular weight is 401 g/mol. The highest BCUT2D eigenvalue weighted by Gasteiger charge is 2.23. The molecule has 1 aromatic heterocycles. The molecule has 0 saturated heterocycles. The van der Waals surface area contributed by atoms with E-state index in [0.29, 0.717) is 17.2 Å². The summed E-state index contributed by atoms with van der Waals surface area (Å²) in [7, 11) is 0. The predicted molar refractivity (Wildman–Crippen MR) is 114 cm³/mol. The van der Waals surface area contributed by atoms with Crippen LogP contribution in [0, 0.1) is 19.7 Å². The minimum Gasteiger partial charge on any atom is -0.334 e. The van der Waals surface area contributed by atoms with Crippen LogP contribution in [-0.2, 0) is 0 Å². The standard InChI is InChI=1S/C22H26FN3OS/c1-5-25(6-2)13-14-26(21(27)17-8-10-18(23)11-9-17)22-24-20-16(4)15(3)7-12-19(20)28-22/h7-12H,5-6,13-14H2,1-4H3/p+1. The molecule has 1 amide bonds. The van der Waals surface area contributed by atoms with E-state index in [9.17, 15) is 9.18 Å². The highest BCUT2D eigenvalue weighted by Crippen LogP contribution is 2.32. The largest absolute Gasteiger partial charge is 0.334 e. The Morgan fingerprint density at radius 3 is 2.43 bits per heavy atom. The Hall–Kier alpha value is -2.31. The number of nitrogens with zero attached hydrogens (tertiary/aromatic N) is 2. The van der Waals surface area contributed by atoms with Crippen molar-refractivity contribution in [3.63, 3.8) is 0 Å². The molecule has 0 aliphatic rings. The molecule has 0 bridgehead atoms. The zero-order valence-corrected chi connectivity index (χ0v) is 17.7. The lowest BCUT2D eigenvalue weighted by molar-refractivity contribution is -0.894. The van der Waals surface area contributed by atoms with Crippen LogP contribution in [-0.4, -0.2) is 37.1 Å². The van der Waals surface area contributed by atoms with Gasteiger partial charge in [0.1, 0.15) is 5.82 Å². The monoisotopic (exact) mass is 400 g/mol. The second-order valence-corrected chi connectivity index (χ2v) is 8.03. The second kappa shape index (κ2) is 8.80. The number of aryl methyl sites for hydroxylation is 2. The SMILES string of the molecule is CC[NH+](CC)CCN(C(=O)c1ccc(F)cc1)c1nc2c(C)c(C)ccc2s1. The lowest BCUT2D eigenvalue weighted by Crippen LogP contribution is -3.12. The van der Waals surface area contributed by atoms with E-state index in [4.69, 9.17) is 4.98 Å². The van der Waals surface area contributed by atoms with Gasteiger partial charge in [-0.05, 0) is 69.2 Å². The number of nitrogens with one attached hydrogen (secondary N) is 1. The number of anilines is 1. The van der Waals surface area contributed by atoms with E-state index < -0.39 is 0 Å².